The van der Waals surface area contributed by atoms with Crippen LogP contribution in [0.2, 0.25) is 0 Å². The van der Waals surface area contributed by atoms with Gasteiger partial charge in [0.05, 0.1) is 0 Å². The van der Waals surface area contributed by atoms with Crippen LogP contribution in [-0.2, 0) is 20.5 Å². The van der Waals surface area contributed by atoms with E-state index >= 15 is 0 Å². The molecule has 0 N–H and O–H groups in total. The molecule has 17 heavy (non-hydrogen) atoms. The van der Waals surface area contributed by atoms with Gasteiger partial charge in [0.2, 0.25) is 0 Å². The van der Waals surface area contributed by atoms with E-state index in [4.69, 9.17) is 17.2 Å². The van der Waals surface area contributed by atoms with Gasteiger partial charge in [-0.15, -0.1) is 0 Å². The van der Waals surface area contributed by atoms with Crippen LogP contribution in [0, 0.1) is 13.3 Å². The molecule has 3 rings (SSSR count). The zero-order chi connectivity index (χ0) is 12.3. The Hall–Kier alpha value is -0.110. The van der Waals surface area contributed by atoms with Gasteiger partial charge in [-0.1, -0.05) is 42.5 Å². The average Bonchev–Trinajstić information content (AvgIpc) is 2.71. The van der Waals surface area contributed by atoms with Crippen molar-refractivity contribution in [3.05, 3.63) is 65.6 Å². The van der Waals surface area contributed by atoms with Crippen molar-refractivity contribution in [2.75, 3.05) is 0 Å². The maximum absolute atomic E-state index is 4.96. The van der Waals surface area contributed by atoms with Crippen LogP contribution in [0.4, 0.5) is 0 Å². The summed E-state index contributed by atoms with van der Waals surface area (Å²) in [6, 6.07) is 15.1. The normalized spacial score (nSPS) is 11.0. The second-order valence-electron chi connectivity index (χ2n) is 3.84. The second kappa shape index (κ2) is 6.17. The standard InChI is InChI=1S/C14H11.2ClH.Hf/c1-10-5-4-8-13-12-7-3-2-6-11(12)9-14(10)13;;;/h2-9H,1H3;2*1H;/q;;;+2/p-2. The van der Waals surface area contributed by atoms with Crippen molar-refractivity contribution in [3.63, 3.8) is 0 Å². The van der Waals surface area contributed by atoms with Gasteiger partial charge in [0.1, 0.15) is 0 Å². The van der Waals surface area contributed by atoms with Crippen LogP contribution in [0.1, 0.15) is 16.7 Å². The third-order valence-corrected chi connectivity index (χ3v) is 2.87. The molecule has 0 bridgehead atoms. The van der Waals surface area contributed by atoms with E-state index in [-0.39, 0.29) is 0 Å². The Morgan fingerprint density at radius 2 is 1.53 bits per heavy atom. The van der Waals surface area contributed by atoms with Gasteiger partial charge in [-0.3, -0.25) is 0 Å². The third-order valence-electron chi connectivity index (χ3n) is 2.87. The van der Waals surface area contributed by atoms with Crippen LogP contribution < -0.4 is 0 Å². The van der Waals surface area contributed by atoms with Gasteiger partial charge in [0.25, 0.3) is 0 Å². The number of fused-ring (bicyclic) bond motifs is 3. The summed E-state index contributed by atoms with van der Waals surface area (Å²) in [6.45, 7) is 2.17. The van der Waals surface area contributed by atoms with Gasteiger partial charge in [0.15, 0.2) is 0 Å². The van der Waals surface area contributed by atoms with Crippen molar-refractivity contribution in [2.24, 2.45) is 0 Å². The first-order valence-corrected chi connectivity index (χ1v) is 14.2. The van der Waals surface area contributed by atoms with Gasteiger partial charge < -0.3 is 0 Å². The van der Waals surface area contributed by atoms with E-state index in [2.05, 4.69) is 55.8 Å². The van der Waals surface area contributed by atoms with E-state index in [9.17, 15) is 0 Å². The van der Waals surface area contributed by atoms with Crippen molar-refractivity contribution in [2.45, 2.75) is 6.92 Å². The molecule has 0 saturated heterocycles. The first-order chi connectivity index (χ1) is 8.27. The SMILES string of the molecule is Cc1cccc2c1[CH]c1ccccc1-2.[Cl][Hf][Cl]. The summed E-state index contributed by atoms with van der Waals surface area (Å²) in [5, 5.41) is 0. The Labute approximate surface area is 120 Å². The van der Waals surface area contributed by atoms with Crippen LogP contribution >= 0.6 is 17.2 Å². The average molecular weight is 429 g/mol. The fourth-order valence-electron chi connectivity index (χ4n) is 2.13. The first kappa shape index (κ1) is 13.3. The van der Waals surface area contributed by atoms with Crippen molar-refractivity contribution in [1.29, 1.82) is 0 Å². The zero-order valence-electron chi connectivity index (χ0n) is 9.37. The Balaban J connectivity index is 0.000000329. The molecule has 1 radical (unpaired) electrons. The molecule has 85 valence electrons. The molecule has 0 saturated carbocycles. The minimum atomic E-state index is -0.972. The molecule has 0 nitrogen and oxygen atoms in total. The van der Waals surface area contributed by atoms with E-state index in [1.54, 1.807) is 0 Å². The van der Waals surface area contributed by atoms with Crippen molar-refractivity contribution in [1.82, 2.24) is 0 Å². The van der Waals surface area contributed by atoms with Gasteiger partial charge in [-0.25, -0.2) is 0 Å². The fraction of sp³-hybridized carbons (Fsp3) is 0.0714. The molecule has 0 amide bonds. The molecule has 0 spiro atoms. The fourth-order valence-corrected chi connectivity index (χ4v) is 2.13. The Bertz CT molecular complexity index is 523. The quantitative estimate of drug-likeness (QED) is 0.444. The molecule has 0 atom stereocenters. The molecular formula is C14H11Cl2Hf. The molecule has 1 aliphatic carbocycles. The predicted octanol–water partition coefficient (Wildman–Crippen LogP) is 4.95. The van der Waals surface area contributed by atoms with Gasteiger partial charge in [0, 0.05) is 6.42 Å². The van der Waals surface area contributed by atoms with Crippen LogP contribution in [0.25, 0.3) is 11.1 Å². The summed E-state index contributed by atoms with van der Waals surface area (Å²) in [6.07, 6.45) is 2.28. The number of halogens is 2. The molecule has 1 aliphatic rings. The van der Waals surface area contributed by atoms with Gasteiger partial charge in [-0.05, 0) is 34.7 Å². The monoisotopic (exact) mass is 429 g/mol. The van der Waals surface area contributed by atoms with Gasteiger partial charge >= 0.3 is 37.7 Å². The summed E-state index contributed by atoms with van der Waals surface area (Å²) >= 11 is -0.972. The molecule has 2 aromatic carbocycles. The molecule has 0 aliphatic heterocycles. The summed E-state index contributed by atoms with van der Waals surface area (Å²) < 4.78 is 0. The number of rotatable bonds is 0. The molecule has 0 heterocycles. The summed E-state index contributed by atoms with van der Waals surface area (Å²) in [5.74, 6) is 0. The molecule has 3 heteroatoms. The third kappa shape index (κ3) is 2.83. The predicted molar refractivity (Wildman–Crippen MR) is 70.8 cm³/mol. The van der Waals surface area contributed by atoms with E-state index in [1.807, 2.05) is 0 Å². The van der Waals surface area contributed by atoms with Crippen LogP contribution in [0.5, 0.6) is 0 Å². The molecule has 2 aromatic rings. The van der Waals surface area contributed by atoms with Crippen molar-refractivity contribution < 1.29 is 20.5 Å². The Morgan fingerprint density at radius 3 is 2.29 bits per heavy atom. The molecule has 0 fully saturated rings. The van der Waals surface area contributed by atoms with E-state index < -0.39 is 20.5 Å². The first-order valence-electron chi connectivity index (χ1n) is 5.28. The van der Waals surface area contributed by atoms with Gasteiger partial charge in [-0.2, -0.15) is 0 Å². The number of hydrogen-bond donors (Lipinski definition) is 0. The minimum absolute atomic E-state index is 0.972. The summed E-state index contributed by atoms with van der Waals surface area (Å²) in [5.41, 5.74) is 6.83. The van der Waals surface area contributed by atoms with E-state index in [0.29, 0.717) is 0 Å². The maximum atomic E-state index is 4.96. The molecular weight excluding hydrogens is 418 g/mol. The van der Waals surface area contributed by atoms with Crippen LogP contribution in [0.3, 0.4) is 0 Å². The summed E-state index contributed by atoms with van der Waals surface area (Å²) in [7, 11) is 9.92. The number of aryl methyl sites for hydroxylation is 1. The van der Waals surface area contributed by atoms with Crippen molar-refractivity contribution in [3.8, 4) is 11.1 Å². The van der Waals surface area contributed by atoms with Crippen LogP contribution in [-0.4, -0.2) is 0 Å². The summed E-state index contributed by atoms with van der Waals surface area (Å²) in [4.78, 5) is 0. The zero-order valence-corrected chi connectivity index (χ0v) is 14.5. The topological polar surface area (TPSA) is 0 Å². The second-order valence-corrected chi connectivity index (χ2v) is 9.03. The van der Waals surface area contributed by atoms with Crippen molar-refractivity contribution >= 4 is 17.2 Å². The van der Waals surface area contributed by atoms with Crippen LogP contribution in [0.15, 0.2) is 42.5 Å². The molecule has 0 unspecified atom stereocenters. The van der Waals surface area contributed by atoms with E-state index in [0.717, 1.165) is 0 Å². The Kier molecular flexibility index (Phi) is 4.84. The number of hydrogen-bond acceptors (Lipinski definition) is 0. The Morgan fingerprint density at radius 1 is 0.882 bits per heavy atom. The molecule has 0 aromatic heterocycles. The number of benzene rings is 2. The van der Waals surface area contributed by atoms with E-state index in [1.165, 1.54) is 27.8 Å².